The normalized spacial score (nSPS) is 14.2. The molecule has 0 aliphatic carbocycles. The van der Waals surface area contributed by atoms with Gasteiger partial charge in [-0.25, -0.2) is 0 Å². The summed E-state index contributed by atoms with van der Waals surface area (Å²) in [6.45, 7) is 10.4. The Morgan fingerprint density at radius 3 is 2.63 bits per heavy atom. The van der Waals surface area contributed by atoms with E-state index in [-0.39, 0.29) is 0 Å². The standard InChI is InChI=1S/C16H26ClNO/c1-5-9-18-16(12(3)6-2)11-19-14-7-8-15(17)13(4)10-14/h7-8,10,12,16,18H,5-6,9,11H2,1-4H3. The summed E-state index contributed by atoms with van der Waals surface area (Å²) in [5.74, 6) is 1.51. The van der Waals surface area contributed by atoms with Crippen LogP contribution in [0.1, 0.15) is 39.2 Å². The van der Waals surface area contributed by atoms with E-state index in [0.29, 0.717) is 18.6 Å². The molecule has 1 N–H and O–H groups in total. The van der Waals surface area contributed by atoms with Gasteiger partial charge in [0.1, 0.15) is 12.4 Å². The van der Waals surface area contributed by atoms with E-state index in [0.717, 1.165) is 35.7 Å². The predicted molar refractivity (Wildman–Crippen MR) is 83.2 cm³/mol. The minimum Gasteiger partial charge on any atom is -0.492 e. The monoisotopic (exact) mass is 283 g/mol. The Morgan fingerprint density at radius 1 is 1.32 bits per heavy atom. The lowest BCUT2D eigenvalue weighted by atomic mass is 10.00. The molecule has 0 saturated carbocycles. The van der Waals surface area contributed by atoms with Gasteiger partial charge in [0.15, 0.2) is 0 Å². The van der Waals surface area contributed by atoms with Crippen LogP contribution in [-0.4, -0.2) is 19.2 Å². The van der Waals surface area contributed by atoms with Crippen LogP contribution in [0.2, 0.25) is 5.02 Å². The molecule has 0 amide bonds. The van der Waals surface area contributed by atoms with Crippen molar-refractivity contribution in [2.75, 3.05) is 13.2 Å². The molecule has 3 heteroatoms. The van der Waals surface area contributed by atoms with Gasteiger partial charge in [-0.05, 0) is 49.6 Å². The fourth-order valence-electron chi connectivity index (χ4n) is 1.93. The van der Waals surface area contributed by atoms with Crippen molar-refractivity contribution >= 4 is 11.6 Å². The highest BCUT2D eigenvalue weighted by Crippen LogP contribution is 2.21. The molecule has 0 aliphatic heterocycles. The zero-order valence-electron chi connectivity index (χ0n) is 12.5. The van der Waals surface area contributed by atoms with Gasteiger partial charge in [-0.3, -0.25) is 0 Å². The summed E-state index contributed by atoms with van der Waals surface area (Å²) in [5.41, 5.74) is 1.06. The van der Waals surface area contributed by atoms with Crippen LogP contribution >= 0.6 is 11.6 Å². The predicted octanol–water partition coefficient (Wildman–Crippen LogP) is 4.44. The van der Waals surface area contributed by atoms with Crippen LogP contribution < -0.4 is 10.1 Å². The van der Waals surface area contributed by atoms with Crippen LogP contribution in [0.4, 0.5) is 0 Å². The molecule has 2 unspecified atom stereocenters. The van der Waals surface area contributed by atoms with Gasteiger partial charge in [0.2, 0.25) is 0 Å². The van der Waals surface area contributed by atoms with Crippen molar-refractivity contribution in [3.8, 4) is 5.75 Å². The van der Waals surface area contributed by atoms with Crippen molar-refractivity contribution in [2.24, 2.45) is 5.92 Å². The fourth-order valence-corrected chi connectivity index (χ4v) is 2.05. The van der Waals surface area contributed by atoms with Crippen molar-refractivity contribution in [3.05, 3.63) is 28.8 Å². The molecule has 0 aromatic heterocycles. The SMILES string of the molecule is CCCNC(COc1ccc(Cl)c(C)c1)C(C)CC. The molecule has 2 nitrogen and oxygen atoms in total. The first-order chi connectivity index (χ1) is 9.08. The lowest BCUT2D eigenvalue weighted by Crippen LogP contribution is -2.40. The van der Waals surface area contributed by atoms with Gasteiger partial charge < -0.3 is 10.1 Å². The Kier molecular flexibility index (Phi) is 7.25. The molecule has 1 aromatic rings. The van der Waals surface area contributed by atoms with E-state index < -0.39 is 0 Å². The van der Waals surface area contributed by atoms with Gasteiger partial charge in [-0.15, -0.1) is 0 Å². The first-order valence-corrected chi connectivity index (χ1v) is 7.58. The molecular weight excluding hydrogens is 258 g/mol. The molecule has 1 rings (SSSR count). The van der Waals surface area contributed by atoms with E-state index in [1.807, 2.05) is 25.1 Å². The van der Waals surface area contributed by atoms with E-state index in [1.54, 1.807) is 0 Å². The number of aryl methyl sites for hydroxylation is 1. The molecule has 0 heterocycles. The van der Waals surface area contributed by atoms with Gasteiger partial charge in [0.05, 0.1) is 0 Å². The van der Waals surface area contributed by atoms with Crippen LogP contribution in [0.5, 0.6) is 5.75 Å². The van der Waals surface area contributed by atoms with E-state index in [2.05, 4.69) is 26.1 Å². The molecule has 108 valence electrons. The fraction of sp³-hybridized carbons (Fsp3) is 0.625. The number of halogens is 1. The minimum atomic E-state index is 0.404. The highest BCUT2D eigenvalue weighted by Gasteiger charge is 2.15. The van der Waals surface area contributed by atoms with Crippen molar-refractivity contribution in [2.45, 2.75) is 46.6 Å². The third-order valence-corrected chi connectivity index (χ3v) is 3.97. The molecule has 0 spiro atoms. The van der Waals surface area contributed by atoms with Gasteiger partial charge in [0.25, 0.3) is 0 Å². The average molecular weight is 284 g/mol. The molecule has 0 fully saturated rings. The second-order valence-electron chi connectivity index (χ2n) is 5.17. The Hall–Kier alpha value is -0.730. The minimum absolute atomic E-state index is 0.404. The number of hydrogen-bond donors (Lipinski definition) is 1. The summed E-state index contributed by atoms with van der Waals surface area (Å²) in [5, 5.41) is 4.35. The largest absolute Gasteiger partial charge is 0.492 e. The molecule has 2 atom stereocenters. The maximum atomic E-state index is 6.02. The Morgan fingerprint density at radius 2 is 2.05 bits per heavy atom. The number of hydrogen-bond acceptors (Lipinski definition) is 2. The summed E-state index contributed by atoms with van der Waals surface area (Å²) < 4.78 is 5.90. The van der Waals surface area contributed by atoms with Gasteiger partial charge >= 0.3 is 0 Å². The number of benzene rings is 1. The number of nitrogens with one attached hydrogen (secondary N) is 1. The van der Waals surface area contributed by atoms with E-state index in [4.69, 9.17) is 16.3 Å². The van der Waals surface area contributed by atoms with Crippen LogP contribution in [0.25, 0.3) is 0 Å². The van der Waals surface area contributed by atoms with Crippen molar-refractivity contribution < 1.29 is 4.74 Å². The van der Waals surface area contributed by atoms with E-state index in [9.17, 15) is 0 Å². The van der Waals surface area contributed by atoms with Gasteiger partial charge in [-0.2, -0.15) is 0 Å². The maximum absolute atomic E-state index is 6.02. The van der Waals surface area contributed by atoms with Crippen LogP contribution in [0.15, 0.2) is 18.2 Å². The summed E-state index contributed by atoms with van der Waals surface area (Å²) in [6, 6.07) is 6.23. The highest BCUT2D eigenvalue weighted by atomic mass is 35.5. The second kappa shape index (κ2) is 8.44. The van der Waals surface area contributed by atoms with Gasteiger partial charge in [-0.1, -0.05) is 38.8 Å². The zero-order valence-corrected chi connectivity index (χ0v) is 13.3. The van der Waals surface area contributed by atoms with Crippen molar-refractivity contribution in [3.63, 3.8) is 0 Å². The zero-order chi connectivity index (χ0) is 14.3. The summed E-state index contributed by atoms with van der Waals surface area (Å²) in [6.07, 6.45) is 2.30. The van der Waals surface area contributed by atoms with Crippen LogP contribution in [0, 0.1) is 12.8 Å². The molecular formula is C16H26ClNO. The quantitative estimate of drug-likeness (QED) is 0.761. The van der Waals surface area contributed by atoms with Crippen molar-refractivity contribution in [1.82, 2.24) is 5.32 Å². The molecule has 0 aliphatic rings. The molecule has 1 aromatic carbocycles. The second-order valence-corrected chi connectivity index (χ2v) is 5.58. The number of ether oxygens (including phenoxy) is 1. The third kappa shape index (κ3) is 5.42. The Labute approximate surface area is 122 Å². The molecule has 0 bridgehead atoms. The van der Waals surface area contributed by atoms with Gasteiger partial charge in [0, 0.05) is 11.1 Å². The summed E-state index contributed by atoms with van der Waals surface area (Å²) in [7, 11) is 0. The Bertz CT molecular complexity index is 381. The lowest BCUT2D eigenvalue weighted by Gasteiger charge is -2.24. The smallest absolute Gasteiger partial charge is 0.119 e. The topological polar surface area (TPSA) is 21.3 Å². The number of rotatable bonds is 8. The maximum Gasteiger partial charge on any atom is 0.119 e. The summed E-state index contributed by atoms with van der Waals surface area (Å²) >= 11 is 6.02. The molecule has 0 radical (unpaired) electrons. The third-order valence-electron chi connectivity index (χ3n) is 3.55. The van der Waals surface area contributed by atoms with Crippen LogP contribution in [0.3, 0.4) is 0 Å². The first kappa shape index (κ1) is 16.3. The van der Waals surface area contributed by atoms with Crippen LogP contribution in [-0.2, 0) is 0 Å². The highest BCUT2D eigenvalue weighted by molar-refractivity contribution is 6.31. The lowest BCUT2D eigenvalue weighted by molar-refractivity contribution is 0.220. The summed E-state index contributed by atoms with van der Waals surface area (Å²) in [4.78, 5) is 0. The van der Waals surface area contributed by atoms with E-state index in [1.165, 1.54) is 0 Å². The molecule has 19 heavy (non-hydrogen) atoms. The first-order valence-electron chi connectivity index (χ1n) is 7.20. The molecule has 0 saturated heterocycles. The average Bonchev–Trinajstić information content (AvgIpc) is 2.42. The Balaban J connectivity index is 2.56. The van der Waals surface area contributed by atoms with E-state index >= 15 is 0 Å². The van der Waals surface area contributed by atoms with Crippen molar-refractivity contribution in [1.29, 1.82) is 0 Å².